The van der Waals surface area contributed by atoms with Gasteiger partial charge in [0.15, 0.2) is 0 Å². The maximum Gasteiger partial charge on any atom is 0.326 e. The molecule has 5 heteroatoms. The summed E-state index contributed by atoms with van der Waals surface area (Å²) in [5, 5.41) is 3.25. The summed E-state index contributed by atoms with van der Waals surface area (Å²) in [5.74, 6) is -0.166. The van der Waals surface area contributed by atoms with Crippen molar-refractivity contribution in [1.29, 1.82) is 0 Å². The third-order valence-electron chi connectivity index (χ3n) is 3.71. The molecule has 0 spiro atoms. The Labute approximate surface area is 121 Å². The maximum atomic E-state index is 12.1. The van der Waals surface area contributed by atoms with E-state index >= 15 is 0 Å². The van der Waals surface area contributed by atoms with Crippen molar-refractivity contribution < 1.29 is 9.53 Å². The molecule has 0 aliphatic heterocycles. The quantitative estimate of drug-likeness (QED) is 0.742. The monoisotopic (exact) mass is 281 g/mol. The zero-order valence-electron chi connectivity index (χ0n) is 13.3. The largest absolute Gasteiger partial charge is 0.465 e. The molecule has 1 atom stereocenters. The van der Waals surface area contributed by atoms with E-state index < -0.39 is 5.54 Å². The van der Waals surface area contributed by atoms with Crippen molar-refractivity contribution in [2.75, 3.05) is 13.2 Å². The van der Waals surface area contributed by atoms with Gasteiger partial charge in [0.1, 0.15) is 5.54 Å². The minimum atomic E-state index is -0.603. The van der Waals surface area contributed by atoms with Crippen LogP contribution < -0.4 is 5.32 Å². The van der Waals surface area contributed by atoms with Gasteiger partial charge >= 0.3 is 5.97 Å². The van der Waals surface area contributed by atoms with E-state index in [1.54, 1.807) is 0 Å². The third kappa shape index (κ3) is 4.07. The first-order valence-electron chi connectivity index (χ1n) is 7.35. The molecule has 0 saturated carbocycles. The Hall–Kier alpha value is -1.36. The van der Waals surface area contributed by atoms with Crippen molar-refractivity contribution in [2.24, 2.45) is 0 Å². The second-order valence-electron chi connectivity index (χ2n) is 5.30. The van der Waals surface area contributed by atoms with E-state index in [0.29, 0.717) is 6.61 Å². The molecular formula is C15H27N3O2. The molecule has 1 aromatic heterocycles. The Morgan fingerprint density at radius 2 is 2.15 bits per heavy atom. The first-order chi connectivity index (χ1) is 9.44. The van der Waals surface area contributed by atoms with Crippen LogP contribution in [0.15, 0.2) is 6.33 Å². The van der Waals surface area contributed by atoms with Gasteiger partial charge in [0.2, 0.25) is 0 Å². The lowest BCUT2D eigenvalue weighted by Crippen LogP contribution is -2.50. The number of hydrogen-bond acceptors (Lipinski definition) is 4. The number of imidazole rings is 1. The van der Waals surface area contributed by atoms with Crippen molar-refractivity contribution in [3.8, 4) is 0 Å². The zero-order chi connectivity index (χ0) is 15.2. The number of carbonyl (C=O) groups excluding carboxylic acids is 1. The highest BCUT2D eigenvalue weighted by atomic mass is 16.5. The molecule has 0 aliphatic rings. The molecule has 0 bridgehead atoms. The Morgan fingerprint density at radius 1 is 1.45 bits per heavy atom. The van der Waals surface area contributed by atoms with Crippen molar-refractivity contribution in [2.45, 2.75) is 59.5 Å². The van der Waals surface area contributed by atoms with Gasteiger partial charge in [0.25, 0.3) is 0 Å². The molecule has 0 saturated heterocycles. The average molecular weight is 281 g/mol. The van der Waals surface area contributed by atoms with Gasteiger partial charge in [-0.25, -0.2) is 4.98 Å². The number of nitrogens with zero attached hydrogens (tertiary/aromatic N) is 2. The van der Waals surface area contributed by atoms with Gasteiger partial charge < -0.3 is 14.6 Å². The van der Waals surface area contributed by atoms with Crippen LogP contribution in [0.3, 0.4) is 0 Å². The Morgan fingerprint density at radius 3 is 2.65 bits per heavy atom. The number of ether oxygens (including phenoxy) is 1. The van der Waals surface area contributed by atoms with E-state index in [9.17, 15) is 4.79 Å². The molecule has 0 aromatic carbocycles. The summed E-state index contributed by atoms with van der Waals surface area (Å²) in [5.41, 5.74) is 1.64. The lowest BCUT2D eigenvalue weighted by molar-refractivity contribution is -0.150. The van der Waals surface area contributed by atoms with Gasteiger partial charge in [0.05, 0.1) is 18.6 Å². The first-order valence-corrected chi connectivity index (χ1v) is 7.35. The number of hydrogen-bond donors (Lipinski definition) is 1. The smallest absolute Gasteiger partial charge is 0.326 e. The number of aryl methyl sites for hydroxylation is 2. The van der Waals surface area contributed by atoms with Crippen molar-refractivity contribution in [1.82, 2.24) is 14.9 Å². The van der Waals surface area contributed by atoms with Gasteiger partial charge in [-0.3, -0.25) is 4.79 Å². The first kappa shape index (κ1) is 16.7. The fourth-order valence-electron chi connectivity index (χ4n) is 2.32. The molecule has 114 valence electrons. The van der Waals surface area contributed by atoms with E-state index in [-0.39, 0.29) is 5.97 Å². The summed E-state index contributed by atoms with van der Waals surface area (Å²) in [6, 6.07) is 0. The molecule has 5 nitrogen and oxygen atoms in total. The number of esters is 1. The van der Waals surface area contributed by atoms with E-state index in [1.165, 1.54) is 5.69 Å². The van der Waals surface area contributed by atoms with Crippen LogP contribution in [-0.2, 0) is 16.1 Å². The van der Waals surface area contributed by atoms with Crippen LogP contribution in [0.5, 0.6) is 0 Å². The van der Waals surface area contributed by atoms with E-state index in [1.807, 2.05) is 34.0 Å². The minimum absolute atomic E-state index is 0.166. The molecule has 1 aromatic rings. The average Bonchev–Trinajstić information content (AvgIpc) is 2.71. The van der Waals surface area contributed by atoms with Crippen LogP contribution in [0, 0.1) is 13.8 Å². The van der Waals surface area contributed by atoms with Crippen molar-refractivity contribution >= 4 is 5.97 Å². The van der Waals surface area contributed by atoms with Gasteiger partial charge in [-0.2, -0.15) is 0 Å². The Kier molecular flexibility index (Phi) is 6.20. The molecule has 0 radical (unpaired) electrons. The highest BCUT2D eigenvalue weighted by Gasteiger charge is 2.33. The highest BCUT2D eigenvalue weighted by Crippen LogP contribution is 2.16. The minimum Gasteiger partial charge on any atom is -0.465 e. The molecule has 0 aliphatic carbocycles. The summed E-state index contributed by atoms with van der Waals surface area (Å²) >= 11 is 0. The lowest BCUT2D eigenvalue weighted by atomic mass is 9.95. The standard InChI is InChI=1S/C15H27N3O2/c1-6-17-15(5,14(19)20-7-2)9-8-10-18-11-16-12(3)13(18)4/h11,17H,6-10H2,1-5H3. The summed E-state index contributed by atoms with van der Waals surface area (Å²) in [7, 11) is 0. The molecule has 1 unspecified atom stereocenters. The van der Waals surface area contributed by atoms with Gasteiger partial charge in [0, 0.05) is 12.2 Å². The van der Waals surface area contributed by atoms with Crippen LogP contribution in [0.25, 0.3) is 0 Å². The predicted molar refractivity (Wildman–Crippen MR) is 79.6 cm³/mol. The van der Waals surface area contributed by atoms with E-state index in [4.69, 9.17) is 4.74 Å². The third-order valence-corrected chi connectivity index (χ3v) is 3.71. The van der Waals surface area contributed by atoms with E-state index in [2.05, 4.69) is 21.8 Å². The summed E-state index contributed by atoms with van der Waals surface area (Å²) in [4.78, 5) is 16.4. The van der Waals surface area contributed by atoms with Gasteiger partial charge in [-0.1, -0.05) is 6.92 Å². The molecular weight excluding hydrogens is 254 g/mol. The predicted octanol–water partition coefficient (Wildman–Crippen LogP) is 2.21. The fraction of sp³-hybridized carbons (Fsp3) is 0.733. The molecule has 0 amide bonds. The number of carbonyl (C=O) groups is 1. The summed E-state index contributed by atoms with van der Waals surface area (Å²) in [6.45, 7) is 11.9. The highest BCUT2D eigenvalue weighted by molar-refractivity contribution is 5.80. The van der Waals surface area contributed by atoms with Crippen LogP contribution in [0.2, 0.25) is 0 Å². The number of rotatable bonds is 8. The normalized spacial score (nSPS) is 14.1. The van der Waals surface area contributed by atoms with Crippen LogP contribution >= 0.6 is 0 Å². The van der Waals surface area contributed by atoms with Crippen LogP contribution in [-0.4, -0.2) is 34.2 Å². The van der Waals surface area contributed by atoms with E-state index in [0.717, 1.165) is 31.6 Å². The topological polar surface area (TPSA) is 56.2 Å². The molecule has 1 rings (SSSR count). The second kappa shape index (κ2) is 7.43. The molecule has 1 N–H and O–H groups in total. The zero-order valence-corrected chi connectivity index (χ0v) is 13.3. The maximum absolute atomic E-state index is 12.1. The fourth-order valence-corrected chi connectivity index (χ4v) is 2.32. The second-order valence-corrected chi connectivity index (χ2v) is 5.30. The number of aromatic nitrogens is 2. The Balaban J connectivity index is 2.59. The van der Waals surface area contributed by atoms with Crippen molar-refractivity contribution in [3.63, 3.8) is 0 Å². The van der Waals surface area contributed by atoms with Crippen molar-refractivity contribution in [3.05, 3.63) is 17.7 Å². The number of likely N-dealkylation sites (N-methyl/N-ethyl adjacent to an activating group) is 1. The Bertz CT molecular complexity index is 442. The molecule has 1 heterocycles. The van der Waals surface area contributed by atoms with Crippen LogP contribution in [0.1, 0.15) is 45.0 Å². The molecule has 20 heavy (non-hydrogen) atoms. The lowest BCUT2D eigenvalue weighted by Gasteiger charge is -2.28. The SMILES string of the molecule is CCNC(C)(CCCn1cnc(C)c1C)C(=O)OCC. The molecule has 0 fully saturated rings. The summed E-state index contributed by atoms with van der Waals surface area (Å²) < 4.78 is 7.30. The van der Waals surface area contributed by atoms with Crippen LogP contribution in [0.4, 0.5) is 0 Å². The van der Waals surface area contributed by atoms with Gasteiger partial charge in [-0.15, -0.1) is 0 Å². The summed E-state index contributed by atoms with van der Waals surface area (Å²) in [6.07, 6.45) is 3.51. The number of nitrogens with one attached hydrogen (secondary N) is 1. The van der Waals surface area contributed by atoms with Gasteiger partial charge in [-0.05, 0) is 47.1 Å².